The van der Waals surface area contributed by atoms with Crippen molar-refractivity contribution in [2.24, 2.45) is 0 Å². The number of β-amino-alcohol motifs (C(OH)–C–C–N with tert-alkyl or cyclic N) is 1. The van der Waals surface area contributed by atoms with Crippen molar-refractivity contribution in [3.05, 3.63) is 59.8 Å². The summed E-state index contributed by atoms with van der Waals surface area (Å²) in [7, 11) is 1.55. The minimum Gasteiger partial charge on any atom is -0.481 e. The number of hydrogen-bond acceptors (Lipinski definition) is 7. The van der Waals surface area contributed by atoms with E-state index in [1.807, 2.05) is 6.07 Å². The van der Waals surface area contributed by atoms with Crippen LogP contribution in [-0.4, -0.2) is 65.2 Å². The molecule has 2 aromatic heterocycles. The van der Waals surface area contributed by atoms with Crippen LogP contribution in [0.25, 0.3) is 11.0 Å². The molecule has 1 aliphatic rings. The van der Waals surface area contributed by atoms with E-state index < -0.39 is 17.7 Å². The third-order valence-corrected chi connectivity index (χ3v) is 5.87. The number of likely N-dealkylation sites (tertiary alicyclic amines) is 1. The molecule has 0 saturated carbocycles. The van der Waals surface area contributed by atoms with Crippen LogP contribution < -0.4 is 15.4 Å². The highest BCUT2D eigenvalue weighted by Gasteiger charge is 2.23. The van der Waals surface area contributed by atoms with Gasteiger partial charge in [-0.1, -0.05) is 0 Å². The van der Waals surface area contributed by atoms with Gasteiger partial charge in [-0.3, -0.25) is 9.78 Å². The topological polar surface area (TPSA) is 99.6 Å². The van der Waals surface area contributed by atoms with Gasteiger partial charge in [-0.15, -0.1) is 0 Å². The molecule has 1 saturated heterocycles. The van der Waals surface area contributed by atoms with Gasteiger partial charge in [0.25, 0.3) is 0 Å². The van der Waals surface area contributed by atoms with Crippen molar-refractivity contribution in [1.29, 1.82) is 0 Å². The second-order valence-corrected chi connectivity index (χ2v) is 8.30. The van der Waals surface area contributed by atoms with Crippen molar-refractivity contribution in [2.75, 3.05) is 38.6 Å². The Labute approximate surface area is 196 Å². The van der Waals surface area contributed by atoms with Gasteiger partial charge in [-0.25, -0.2) is 13.8 Å². The van der Waals surface area contributed by atoms with E-state index >= 15 is 0 Å². The van der Waals surface area contributed by atoms with Crippen LogP contribution in [-0.2, 0) is 4.79 Å². The molecule has 180 valence electrons. The summed E-state index contributed by atoms with van der Waals surface area (Å²) in [5.41, 5.74) is 2.10. The molecular weight excluding hydrogens is 444 g/mol. The summed E-state index contributed by atoms with van der Waals surface area (Å²) in [5, 5.41) is 16.6. The Morgan fingerprint density at radius 2 is 1.94 bits per heavy atom. The van der Waals surface area contributed by atoms with E-state index in [-0.39, 0.29) is 24.2 Å². The summed E-state index contributed by atoms with van der Waals surface area (Å²) in [6.45, 7) is 2.01. The van der Waals surface area contributed by atoms with E-state index in [1.54, 1.807) is 25.4 Å². The summed E-state index contributed by atoms with van der Waals surface area (Å²) < 4.78 is 31.7. The minimum atomic E-state index is -0.743. The van der Waals surface area contributed by atoms with Crippen molar-refractivity contribution in [2.45, 2.75) is 25.0 Å². The molecule has 34 heavy (non-hydrogen) atoms. The molecule has 0 spiro atoms. The molecule has 4 rings (SSSR count). The van der Waals surface area contributed by atoms with Crippen LogP contribution in [0, 0.1) is 11.6 Å². The molecule has 0 radical (unpaired) electrons. The van der Waals surface area contributed by atoms with Crippen LogP contribution in [0.2, 0.25) is 0 Å². The van der Waals surface area contributed by atoms with Crippen LogP contribution in [0.15, 0.2) is 42.6 Å². The van der Waals surface area contributed by atoms with Crippen LogP contribution in [0.4, 0.5) is 14.5 Å². The number of hydrogen-bond donors (Lipinski definition) is 3. The third-order valence-electron chi connectivity index (χ3n) is 5.87. The summed E-state index contributed by atoms with van der Waals surface area (Å²) in [6.07, 6.45) is 2.54. The molecule has 1 aromatic carbocycles. The van der Waals surface area contributed by atoms with Crippen molar-refractivity contribution in [3.8, 4) is 5.88 Å². The predicted octanol–water partition coefficient (Wildman–Crippen LogP) is 2.64. The van der Waals surface area contributed by atoms with Crippen LogP contribution in [0.1, 0.15) is 24.5 Å². The highest BCUT2D eigenvalue weighted by Crippen LogP contribution is 2.25. The Morgan fingerprint density at radius 1 is 1.21 bits per heavy atom. The molecule has 3 heterocycles. The minimum absolute atomic E-state index is 0.0436. The Hall–Kier alpha value is -3.21. The number of aliphatic hydroxyl groups excluding tert-OH is 1. The number of nitrogens with zero attached hydrogens (tertiary/aromatic N) is 3. The SMILES string of the molecule is COc1ccc2nccc([C@@H](O)CN3CCC(NCC(=O)Nc4cc(F)cc(F)c4)CC3)c2n1. The smallest absolute Gasteiger partial charge is 0.238 e. The first kappa shape index (κ1) is 23.9. The molecule has 10 heteroatoms. The lowest BCUT2D eigenvalue weighted by atomic mass is 10.0. The zero-order valence-electron chi connectivity index (χ0n) is 18.8. The number of carbonyl (C=O) groups excluding carboxylic acids is 1. The lowest BCUT2D eigenvalue weighted by Crippen LogP contribution is -2.45. The number of pyridine rings is 2. The fourth-order valence-corrected chi connectivity index (χ4v) is 4.14. The monoisotopic (exact) mass is 471 g/mol. The van der Waals surface area contributed by atoms with E-state index in [0.717, 1.165) is 44.1 Å². The number of aliphatic hydroxyl groups is 1. The highest BCUT2D eigenvalue weighted by molar-refractivity contribution is 5.92. The highest BCUT2D eigenvalue weighted by atomic mass is 19.1. The lowest BCUT2D eigenvalue weighted by molar-refractivity contribution is -0.115. The maximum absolute atomic E-state index is 13.3. The van der Waals surface area contributed by atoms with Gasteiger partial charge in [0, 0.05) is 42.2 Å². The number of methoxy groups -OCH3 is 1. The number of ether oxygens (including phenoxy) is 1. The zero-order valence-corrected chi connectivity index (χ0v) is 18.8. The van der Waals surface area contributed by atoms with Crippen molar-refractivity contribution in [1.82, 2.24) is 20.2 Å². The van der Waals surface area contributed by atoms with E-state index in [4.69, 9.17) is 4.74 Å². The number of carbonyl (C=O) groups is 1. The van der Waals surface area contributed by atoms with E-state index in [1.165, 1.54) is 0 Å². The molecule has 0 bridgehead atoms. The zero-order chi connectivity index (χ0) is 24.1. The van der Waals surface area contributed by atoms with Crippen LogP contribution >= 0.6 is 0 Å². The molecule has 0 unspecified atom stereocenters. The summed E-state index contributed by atoms with van der Waals surface area (Å²) in [5.74, 6) is -1.39. The molecular formula is C24H27F2N5O3. The average molecular weight is 472 g/mol. The molecule has 8 nitrogen and oxygen atoms in total. The third kappa shape index (κ3) is 6.02. The first-order valence-corrected chi connectivity index (χ1v) is 11.1. The quantitative estimate of drug-likeness (QED) is 0.465. The van der Waals surface area contributed by atoms with Crippen molar-refractivity contribution in [3.63, 3.8) is 0 Å². The molecule has 3 aromatic rings. The Bertz CT molecular complexity index is 1130. The van der Waals surface area contributed by atoms with Gasteiger partial charge in [-0.05, 0) is 50.2 Å². The van der Waals surface area contributed by atoms with Gasteiger partial charge in [-0.2, -0.15) is 0 Å². The Morgan fingerprint density at radius 3 is 2.65 bits per heavy atom. The van der Waals surface area contributed by atoms with E-state index in [0.29, 0.717) is 29.0 Å². The molecule has 1 atom stereocenters. The van der Waals surface area contributed by atoms with Crippen LogP contribution in [0.5, 0.6) is 5.88 Å². The molecule has 3 N–H and O–H groups in total. The summed E-state index contributed by atoms with van der Waals surface area (Å²) in [6, 6.07) is 8.36. The maximum Gasteiger partial charge on any atom is 0.238 e. The number of rotatable bonds is 8. The van der Waals surface area contributed by atoms with Gasteiger partial charge in [0.2, 0.25) is 11.8 Å². The fourth-order valence-electron chi connectivity index (χ4n) is 4.14. The predicted molar refractivity (Wildman–Crippen MR) is 124 cm³/mol. The number of nitrogens with one attached hydrogen (secondary N) is 2. The van der Waals surface area contributed by atoms with Gasteiger partial charge < -0.3 is 25.4 Å². The largest absolute Gasteiger partial charge is 0.481 e. The van der Waals surface area contributed by atoms with E-state index in [2.05, 4.69) is 25.5 Å². The number of aromatic nitrogens is 2. The molecule has 1 amide bonds. The number of piperidine rings is 1. The molecule has 1 fully saturated rings. The van der Waals surface area contributed by atoms with Gasteiger partial charge >= 0.3 is 0 Å². The summed E-state index contributed by atoms with van der Waals surface area (Å²) >= 11 is 0. The van der Waals surface area contributed by atoms with Gasteiger partial charge in [0.05, 0.1) is 30.8 Å². The first-order chi connectivity index (χ1) is 16.4. The number of amides is 1. The average Bonchev–Trinajstić information content (AvgIpc) is 2.82. The first-order valence-electron chi connectivity index (χ1n) is 11.1. The normalized spacial score (nSPS) is 15.9. The molecule has 1 aliphatic heterocycles. The Balaban J connectivity index is 1.25. The number of benzene rings is 1. The van der Waals surface area contributed by atoms with Crippen molar-refractivity contribution < 1.29 is 23.4 Å². The fraction of sp³-hybridized carbons (Fsp3) is 0.375. The lowest BCUT2D eigenvalue weighted by Gasteiger charge is -2.33. The maximum atomic E-state index is 13.3. The second-order valence-electron chi connectivity index (χ2n) is 8.30. The second kappa shape index (κ2) is 10.8. The van der Waals surface area contributed by atoms with Crippen LogP contribution in [0.3, 0.4) is 0 Å². The summed E-state index contributed by atoms with van der Waals surface area (Å²) in [4.78, 5) is 23.0. The number of fused-ring (bicyclic) bond motifs is 1. The van der Waals surface area contributed by atoms with Gasteiger partial charge in [0.1, 0.15) is 11.6 Å². The van der Waals surface area contributed by atoms with Gasteiger partial charge in [0.15, 0.2) is 0 Å². The standard InChI is InChI=1S/C24H27F2N5O3/c1-34-23-3-2-20-24(30-23)19(4-7-27-20)21(32)14-31-8-5-17(6-9-31)28-13-22(33)29-18-11-15(25)10-16(26)12-18/h2-4,7,10-12,17,21,28,32H,5-6,8-9,13-14H2,1H3,(H,29,33)/t21-/m0/s1. The molecule has 0 aliphatic carbocycles. The Kier molecular flexibility index (Phi) is 7.61. The number of anilines is 1. The number of halogens is 2. The van der Waals surface area contributed by atoms with Crippen molar-refractivity contribution >= 4 is 22.6 Å². The van der Waals surface area contributed by atoms with E-state index in [9.17, 15) is 18.7 Å².